The maximum absolute atomic E-state index is 11.0. The number of ketones is 1. The van der Waals surface area contributed by atoms with Crippen molar-refractivity contribution in [3.05, 3.63) is 37.0 Å². The predicted octanol–water partition coefficient (Wildman–Crippen LogP) is 3.04. The highest BCUT2D eigenvalue weighted by molar-refractivity contribution is 5.79. The van der Waals surface area contributed by atoms with Gasteiger partial charge in [-0.05, 0) is 6.42 Å². The summed E-state index contributed by atoms with van der Waals surface area (Å²) in [6, 6.07) is 0. The fourth-order valence-electron chi connectivity index (χ4n) is 0.802. The Labute approximate surface area is 74.5 Å². The van der Waals surface area contributed by atoms with Crippen LogP contribution in [0.2, 0.25) is 0 Å². The summed E-state index contributed by atoms with van der Waals surface area (Å²) in [5.74, 6) is 0.306. The molecule has 0 amide bonds. The lowest BCUT2D eigenvalue weighted by molar-refractivity contribution is -0.118. The van der Waals surface area contributed by atoms with E-state index in [9.17, 15) is 4.79 Å². The van der Waals surface area contributed by atoms with Gasteiger partial charge in [0.2, 0.25) is 0 Å². The smallest absolute Gasteiger partial charge is 0.136 e. The minimum Gasteiger partial charge on any atom is -0.299 e. The first-order valence-electron chi connectivity index (χ1n) is 4.27. The van der Waals surface area contributed by atoms with Crippen molar-refractivity contribution in [2.75, 3.05) is 0 Å². The van der Waals surface area contributed by atoms with Gasteiger partial charge in [0.1, 0.15) is 5.78 Å². The number of allylic oxidation sites excluding steroid dienone is 5. The predicted molar refractivity (Wildman–Crippen MR) is 53.0 cm³/mol. The summed E-state index contributed by atoms with van der Waals surface area (Å²) >= 11 is 0. The van der Waals surface area contributed by atoms with Gasteiger partial charge in [-0.1, -0.05) is 43.9 Å². The second kappa shape index (κ2) is 7.99. The third kappa shape index (κ3) is 7.00. The van der Waals surface area contributed by atoms with E-state index in [0.29, 0.717) is 18.6 Å². The second-order valence-electron chi connectivity index (χ2n) is 2.54. The first-order chi connectivity index (χ1) is 5.81. The van der Waals surface area contributed by atoms with E-state index < -0.39 is 0 Å². The number of carbonyl (C=O) groups is 1. The van der Waals surface area contributed by atoms with Gasteiger partial charge in [0, 0.05) is 12.8 Å². The molecule has 0 aromatic heterocycles. The van der Waals surface area contributed by atoms with E-state index in [1.807, 2.05) is 31.2 Å². The molecule has 1 nitrogen and oxygen atoms in total. The molecule has 0 aliphatic heterocycles. The largest absolute Gasteiger partial charge is 0.299 e. The Morgan fingerprint density at radius 3 is 2.67 bits per heavy atom. The zero-order chi connectivity index (χ0) is 9.23. The van der Waals surface area contributed by atoms with Crippen LogP contribution >= 0.6 is 0 Å². The van der Waals surface area contributed by atoms with E-state index in [2.05, 4.69) is 6.58 Å². The fourth-order valence-corrected chi connectivity index (χ4v) is 0.802. The van der Waals surface area contributed by atoms with Gasteiger partial charge >= 0.3 is 0 Å². The van der Waals surface area contributed by atoms with Crippen LogP contribution in [-0.4, -0.2) is 5.78 Å². The van der Waals surface area contributed by atoms with Gasteiger partial charge in [0.25, 0.3) is 0 Å². The van der Waals surface area contributed by atoms with E-state index in [-0.39, 0.29) is 0 Å². The first kappa shape index (κ1) is 10.9. The van der Waals surface area contributed by atoms with Crippen molar-refractivity contribution in [2.45, 2.75) is 26.2 Å². The molecule has 0 aromatic carbocycles. The molecule has 0 aliphatic rings. The lowest BCUT2D eigenvalue weighted by atomic mass is 10.2. The van der Waals surface area contributed by atoms with Crippen molar-refractivity contribution < 1.29 is 4.79 Å². The number of rotatable bonds is 6. The van der Waals surface area contributed by atoms with Gasteiger partial charge in [-0.2, -0.15) is 0 Å². The van der Waals surface area contributed by atoms with E-state index in [4.69, 9.17) is 0 Å². The topological polar surface area (TPSA) is 17.1 Å². The number of hydrogen-bond acceptors (Lipinski definition) is 1. The van der Waals surface area contributed by atoms with Crippen molar-refractivity contribution in [1.82, 2.24) is 0 Å². The lowest BCUT2D eigenvalue weighted by Gasteiger charge is -1.90. The molecule has 0 N–H and O–H groups in total. The SMILES string of the molecule is C=C/C=C\C=C\CC(=O)CCC. The molecule has 0 aromatic rings. The van der Waals surface area contributed by atoms with Gasteiger partial charge in [0.15, 0.2) is 0 Å². The van der Waals surface area contributed by atoms with Crippen molar-refractivity contribution >= 4 is 5.78 Å². The number of carbonyl (C=O) groups excluding carboxylic acids is 1. The molecule has 0 saturated carbocycles. The molecule has 0 fully saturated rings. The Balaban J connectivity index is 3.52. The normalized spacial score (nSPS) is 11.1. The molecular formula is C11H16O. The van der Waals surface area contributed by atoms with Gasteiger partial charge in [0.05, 0.1) is 0 Å². The van der Waals surface area contributed by atoms with Crippen LogP contribution in [0, 0.1) is 0 Å². The molecular weight excluding hydrogens is 148 g/mol. The van der Waals surface area contributed by atoms with E-state index in [0.717, 1.165) is 6.42 Å². The van der Waals surface area contributed by atoms with Crippen molar-refractivity contribution in [2.24, 2.45) is 0 Å². The highest BCUT2D eigenvalue weighted by atomic mass is 16.1. The average molecular weight is 164 g/mol. The Morgan fingerprint density at radius 1 is 1.33 bits per heavy atom. The third-order valence-electron chi connectivity index (χ3n) is 1.37. The van der Waals surface area contributed by atoms with Gasteiger partial charge in [-0.25, -0.2) is 0 Å². The quantitative estimate of drug-likeness (QED) is 0.551. The molecule has 12 heavy (non-hydrogen) atoms. The molecule has 0 bridgehead atoms. The summed E-state index contributed by atoms with van der Waals surface area (Å²) in [7, 11) is 0. The van der Waals surface area contributed by atoms with Crippen molar-refractivity contribution in [3.8, 4) is 0 Å². The molecule has 66 valence electrons. The molecule has 0 saturated heterocycles. The number of hydrogen-bond donors (Lipinski definition) is 0. The standard InChI is InChI=1S/C11H16O/c1-3-5-6-7-8-10-11(12)9-4-2/h3,5-8H,1,4,9-10H2,2H3/b6-5-,8-7+. The summed E-state index contributed by atoms with van der Waals surface area (Å²) in [4.78, 5) is 11.0. The molecule has 0 aliphatic carbocycles. The monoisotopic (exact) mass is 164 g/mol. The number of Topliss-reactive ketones (excluding diaryl/α,β-unsaturated/α-hetero) is 1. The van der Waals surface area contributed by atoms with Crippen LogP contribution in [0.25, 0.3) is 0 Å². The van der Waals surface area contributed by atoms with E-state index in [1.54, 1.807) is 6.08 Å². The van der Waals surface area contributed by atoms with Crippen LogP contribution in [-0.2, 0) is 4.79 Å². The molecule has 0 spiro atoms. The minimum atomic E-state index is 0.306. The van der Waals surface area contributed by atoms with Crippen molar-refractivity contribution in [1.29, 1.82) is 0 Å². The third-order valence-corrected chi connectivity index (χ3v) is 1.37. The van der Waals surface area contributed by atoms with Crippen LogP contribution in [0.15, 0.2) is 37.0 Å². The van der Waals surface area contributed by atoms with Gasteiger partial charge in [-0.3, -0.25) is 4.79 Å². The van der Waals surface area contributed by atoms with Crippen molar-refractivity contribution in [3.63, 3.8) is 0 Å². The van der Waals surface area contributed by atoms with Crippen LogP contribution in [0.3, 0.4) is 0 Å². The second-order valence-corrected chi connectivity index (χ2v) is 2.54. The minimum absolute atomic E-state index is 0.306. The summed E-state index contributed by atoms with van der Waals surface area (Å²) in [5.41, 5.74) is 0. The lowest BCUT2D eigenvalue weighted by Crippen LogP contribution is -1.92. The maximum atomic E-state index is 11.0. The summed E-state index contributed by atoms with van der Waals surface area (Å²) in [5, 5.41) is 0. The Kier molecular flexibility index (Phi) is 7.25. The highest BCUT2D eigenvalue weighted by Crippen LogP contribution is 1.95. The molecule has 0 unspecified atom stereocenters. The van der Waals surface area contributed by atoms with Crippen LogP contribution in [0.4, 0.5) is 0 Å². The Morgan fingerprint density at radius 2 is 2.08 bits per heavy atom. The van der Waals surface area contributed by atoms with E-state index in [1.165, 1.54) is 0 Å². The van der Waals surface area contributed by atoms with Gasteiger partial charge in [-0.15, -0.1) is 0 Å². The molecule has 1 heteroatoms. The fraction of sp³-hybridized carbons (Fsp3) is 0.364. The molecule has 0 heterocycles. The molecule has 0 atom stereocenters. The van der Waals surface area contributed by atoms with Gasteiger partial charge < -0.3 is 0 Å². The summed E-state index contributed by atoms with van der Waals surface area (Å²) < 4.78 is 0. The van der Waals surface area contributed by atoms with Crippen LogP contribution in [0.1, 0.15) is 26.2 Å². The summed E-state index contributed by atoms with van der Waals surface area (Å²) in [6.45, 7) is 5.55. The first-order valence-corrected chi connectivity index (χ1v) is 4.27. The van der Waals surface area contributed by atoms with E-state index >= 15 is 0 Å². The zero-order valence-electron chi connectivity index (χ0n) is 7.62. The molecule has 0 rings (SSSR count). The van der Waals surface area contributed by atoms with Crippen LogP contribution < -0.4 is 0 Å². The molecule has 0 radical (unpaired) electrons. The average Bonchev–Trinajstić information content (AvgIpc) is 2.05. The summed E-state index contributed by atoms with van der Waals surface area (Å²) in [6.07, 6.45) is 11.3. The zero-order valence-corrected chi connectivity index (χ0v) is 7.62. The Bertz CT molecular complexity index is 187. The Hall–Kier alpha value is -1.11. The maximum Gasteiger partial charge on any atom is 0.136 e. The van der Waals surface area contributed by atoms with Crippen LogP contribution in [0.5, 0.6) is 0 Å². The highest BCUT2D eigenvalue weighted by Gasteiger charge is 1.94.